The molecule has 5 heteroatoms. The summed E-state index contributed by atoms with van der Waals surface area (Å²) < 4.78 is 9.44. The fraction of sp³-hybridized carbons (Fsp3) is 0.400. The highest BCUT2D eigenvalue weighted by molar-refractivity contribution is 9.10. The van der Waals surface area contributed by atoms with Gasteiger partial charge in [0.2, 0.25) is 0 Å². The Morgan fingerprint density at radius 2 is 2.20 bits per heavy atom. The maximum absolute atomic E-state index is 6.31. The van der Waals surface area contributed by atoms with Crippen LogP contribution in [0.15, 0.2) is 35.2 Å². The molecule has 2 heterocycles. The molecule has 1 aliphatic carbocycles. The van der Waals surface area contributed by atoms with Gasteiger partial charge in [-0.15, -0.1) is 0 Å². The summed E-state index contributed by atoms with van der Waals surface area (Å²) in [6, 6.07) is 6.67. The highest BCUT2D eigenvalue weighted by atomic mass is 79.9. The van der Waals surface area contributed by atoms with Crippen LogP contribution < -0.4 is 10.5 Å². The van der Waals surface area contributed by atoms with Crippen LogP contribution in [0.5, 0.6) is 5.75 Å². The smallest absolute Gasteiger partial charge is 0.142 e. The van der Waals surface area contributed by atoms with Crippen LogP contribution in [0.4, 0.5) is 0 Å². The van der Waals surface area contributed by atoms with Crippen LogP contribution in [0.2, 0.25) is 0 Å². The summed E-state index contributed by atoms with van der Waals surface area (Å²) in [5.74, 6) is 0.881. The first kappa shape index (κ1) is 12.4. The van der Waals surface area contributed by atoms with Crippen LogP contribution in [0.25, 0.3) is 0 Å². The molecule has 0 bridgehead atoms. The third-order valence-corrected chi connectivity index (χ3v) is 4.57. The Balaban J connectivity index is 1.69. The number of benzene rings is 1. The molecule has 0 spiro atoms. The molecule has 1 aromatic carbocycles. The number of aromatic nitrogens is 2. The van der Waals surface area contributed by atoms with Gasteiger partial charge in [-0.1, -0.05) is 22.0 Å². The second-order valence-electron chi connectivity index (χ2n) is 5.59. The van der Waals surface area contributed by atoms with Crippen molar-refractivity contribution in [1.29, 1.82) is 0 Å². The molecular weight excluding hydrogens is 318 g/mol. The third-order valence-electron chi connectivity index (χ3n) is 4.08. The number of nitrogens with two attached hydrogens (primary N) is 1. The zero-order chi connectivity index (χ0) is 13.7. The predicted molar refractivity (Wildman–Crippen MR) is 79.6 cm³/mol. The first-order valence-corrected chi connectivity index (χ1v) is 7.75. The number of hydrogen-bond acceptors (Lipinski definition) is 3. The Kier molecular flexibility index (Phi) is 2.86. The molecule has 4 rings (SSSR count). The second kappa shape index (κ2) is 4.60. The minimum absolute atomic E-state index is 0.00472. The third kappa shape index (κ3) is 2.05. The molecule has 1 saturated carbocycles. The fourth-order valence-corrected chi connectivity index (χ4v) is 3.22. The lowest BCUT2D eigenvalue weighted by Gasteiger charge is -2.30. The van der Waals surface area contributed by atoms with Crippen LogP contribution >= 0.6 is 15.9 Å². The first-order valence-electron chi connectivity index (χ1n) is 6.96. The van der Waals surface area contributed by atoms with Gasteiger partial charge in [0.15, 0.2) is 0 Å². The molecule has 1 unspecified atom stereocenters. The van der Waals surface area contributed by atoms with Gasteiger partial charge in [0, 0.05) is 28.5 Å². The highest BCUT2D eigenvalue weighted by Crippen LogP contribution is 2.43. The Morgan fingerprint density at radius 3 is 3.00 bits per heavy atom. The summed E-state index contributed by atoms with van der Waals surface area (Å²) in [5.41, 5.74) is 8.54. The lowest BCUT2D eigenvalue weighted by atomic mass is 9.96. The van der Waals surface area contributed by atoms with Crippen LogP contribution in [0.1, 0.15) is 48.7 Å². The molecule has 1 fully saturated rings. The second-order valence-corrected chi connectivity index (χ2v) is 6.50. The summed E-state index contributed by atoms with van der Waals surface area (Å²) in [6.45, 7) is 0. The molecular formula is C15H16BrN3O. The number of halogens is 1. The van der Waals surface area contributed by atoms with Crippen molar-refractivity contribution >= 4 is 15.9 Å². The van der Waals surface area contributed by atoms with E-state index in [-0.39, 0.29) is 12.1 Å². The van der Waals surface area contributed by atoms with E-state index in [9.17, 15) is 0 Å². The fourth-order valence-electron chi connectivity index (χ4n) is 2.88. The number of imidazole rings is 1. The number of rotatable bonds is 2. The van der Waals surface area contributed by atoms with Crippen LogP contribution in [0, 0.1) is 0 Å². The van der Waals surface area contributed by atoms with Crippen LogP contribution in [0.3, 0.4) is 0 Å². The molecule has 0 saturated heterocycles. The van der Waals surface area contributed by atoms with Crippen molar-refractivity contribution in [3.05, 3.63) is 46.5 Å². The number of hydrogen-bond donors (Lipinski definition) is 1. The van der Waals surface area contributed by atoms with Gasteiger partial charge in [-0.05, 0) is 25.0 Å². The average Bonchev–Trinajstić information content (AvgIpc) is 3.15. The Hall–Kier alpha value is -1.33. The monoisotopic (exact) mass is 333 g/mol. The van der Waals surface area contributed by atoms with Gasteiger partial charge in [-0.3, -0.25) is 0 Å². The predicted octanol–water partition coefficient (Wildman–Crippen LogP) is 3.50. The van der Waals surface area contributed by atoms with Crippen LogP contribution in [-0.2, 0) is 0 Å². The summed E-state index contributed by atoms with van der Waals surface area (Å²) in [7, 11) is 0. The molecule has 2 aromatic rings. The van der Waals surface area contributed by atoms with Crippen molar-refractivity contribution in [2.45, 2.75) is 37.5 Å². The molecule has 4 nitrogen and oxygen atoms in total. The van der Waals surface area contributed by atoms with E-state index < -0.39 is 0 Å². The van der Waals surface area contributed by atoms with E-state index in [1.165, 1.54) is 12.8 Å². The number of fused-ring (bicyclic) bond motifs is 1. The molecule has 2 atom stereocenters. The normalized spacial score (nSPS) is 25.1. The molecule has 1 aromatic heterocycles. The van der Waals surface area contributed by atoms with Gasteiger partial charge < -0.3 is 15.0 Å². The maximum atomic E-state index is 6.31. The SMILES string of the molecule is N[C@H]1CC(c2cncn2C2CC2)Oc2cc(Br)ccc21. The van der Waals surface area contributed by atoms with Crippen LogP contribution in [-0.4, -0.2) is 9.55 Å². The maximum Gasteiger partial charge on any atom is 0.142 e. The van der Waals surface area contributed by atoms with E-state index in [2.05, 4.69) is 25.5 Å². The van der Waals surface area contributed by atoms with Gasteiger partial charge in [0.05, 0.1) is 18.2 Å². The van der Waals surface area contributed by atoms with Gasteiger partial charge in [0.25, 0.3) is 0 Å². The number of ether oxygens (including phenoxy) is 1. The van der Waals surface area contributed by atoms with Gasteiger partial charge in [-0.25, -0.2) is 4.98 Å². The molecule has 2 N–H and O–H groups in total. The van der Waals surface area contributed by atoms with Crippen molar-refractivity contribution in [1.82, 2.24) is 9.55 Å². The van der Waals surface area contributed by atoms with E-state index in [0.717, 1.165) is 27.9 Å². The lowest BCUT2D eigenvalue weighted by molar-refractivity contribution is 0.153. The van der Waals surface area contributed by atoms with Gasteiger partial charge in [0.1, 0.15) is 11.9 Å². The average molecular weight is 334 g/mol. The van der Waals surface area contributed by atoms with E-state index in [0.29, 0.717) is 6.04 Å². The van der Waals surface area contributed by atoms with Crippen molar-refractivity contribution in [2.24, 2.45) is 5.73 Å². The topological polar surface area (TPSA) is 53.1 Å². The summed E-state index contributed by atoms with van der Waals surface area (Å²) in [5, 5.41) is 0. The summed E-state index contributed by atoms with van der Waals surface area (Å²) >= 11 is 3.49. The number of nitrogens with zero attached hydrogens (tertiary/aromatic N) is 2. The van der Waals surface area contributed by atoms with E-state index in [1.54, 1.807) is 0 Å². The standard InChI is InChI=1S/C15H16BrN3O/c16-9-1-4-11-12(17)6-15(20-14(11)5-9)13-7-18-8-19(13)10-2-3-10/h1,4-5,7-8,10,12,15H,2-3,6,17H2/t12-,15?/m0/s1. The van der Waals surface area contributed by atoms with Crippen molar-refractivity contribution < 1.29 is 4.74 Å². The Bertz CT molecular complexity index is 650. The minimum atomic E-state index is -0.00472. The lowest BCUT2D eigenvalue weighted by Crippen LogP contribution is -2.25. The summed E-state index contributed by atoms with van der Waals surface area (Å²) in [4.78, 5) is 4.29. The van der Waals surface area contributed by atoms with Crippen molar-refractivity contribution in [3.8, 4) is 5.75 Å². The molecule has 1 aliphatic heterocycles. The Morgan fingerprint density at radius 1 is 1.35 bits per heavy atom. The minimum Gasteiger partial charge on any atom is -0.484 e. The molecule has 0 radical (unpaired) electrons. The molecule has 2 aliphatic rings. The highest BCUT2D eigenvalue weighted by Gasteiger charge is 2.33. The van der Waals surface area contributed by atoms with E-state index >= 15 is 0 Å². The first-order chi connectivity index (χ1) is 9.72. The molecule has 0 amide bonds. The van der Waals surface area contributed by atoms with Gasteiger partial charge in [-0.2, -0.15) is 0 Å². The molecule has 104 valence electrons. The molecule has 20 heavy (non-hydrogen) atoms. The quantitative estimate of drug-likeness (QED) is 0.914. The van der Waals surface area contributed by atoms with E-state index in [4.69, 9.17) is 10.5 Å². The Labute approximate surface area is 126 Å². The summed E-state index contributed by atoms with van der Waals surface area (Å²) in [6.07, 6.45) is 7.10. The zero-order valence-electron chi connectivity index (χ0n) is 11.0. The van der Waals surface area contributed by atoms with Crippen molar-refractivity contribution in [3.63, 3.8) is 0 Å². The van der Waals surface area contributed by atoms with E-state index in [1.807, 2.05) is 30.7 Å². The van der Waals surface area contributed by atoms with Gasteiger partial charge >= 0.3 is 0 Å². The largest absolute Gasteiger partial charge is 0.484 e. The van der Waals surface area contributed by atoms with Crippen molar-refractivity contribution in [2.75, 3.05) is 0 Å². The zero-order valence-corrected chi connectivity index (χ0v) is 12.6.